The summed E-state index contributed by atoms with van der Waals surface area (Å²) in [6.07, 6.45) is 1.46. The van der Waals surface area contributed by atoms with Crippen molar-refractivity contribution in [3.63, 3.8) is 0 Å². The predicted octanol–water partition coefficient (Wildman–Crippen LogP) is 7.44. The van der Waals surface area contributed by atoms with Crippen molar-refractivity contribution in [2.45, 2.75) is 13.5 Å². The lowest BCUT2D eigenvalue weighted by molar-refractivity contribution is -0.112. The van der Waals surface area contributed by atoms with Gasteiger partial charge >= 0.3 is 0 Å². The van der Waals surface area contributed by atoms with Gasteiger partial charge in [0.05, 0.1) is 8.95 Å². The number of carbonyl (C=O) groups is 1. The molecule has 8 heteroatoms. The molecule has 32 heavy (non-hydrogen) atoms. The van der Waals surface area contributed by atoms with Crippen molar-refractivity contribution in [3.05, 3.63) is 96.6 Å². The number of ether oxygens (including phenoxy) is 1. The molecule has 0 aliphatic carbocycles. The van der Waals surface area contributed by atoms with Crippen LogP contribution in [0.4, 0.5) is 10.1 Å². The molecule has 0 fully saturated rings. The molecule has 3 aromatic rings. The number of nitrogens with zero attached hydrogens (tertiary/aromatic N) is 1. The van der Waals surface area contributed by atoms with Gasteiger partial charge in [-0.25, -0.2) is 4.39 Å². The standard InChI is InChI=1S/C24H16Br2ClFN2O2/c1-14-20(27)6-4-8-22(14)30-24(31)17(12-29)9-15-10-18(25)23(19(26)11-15)32-13-16-5-2-3-7-21(16)28/h2-11H,13H2,1H3,(H,30,31)/b17-9-. The van der Waals surface area contributed by atoms with E-state index in [1.807, 2.05) is 6.07 Å². The van der Waals surface area contributed by atoms with Crippen molar-refractivity contribution in [2.75, 3.05) is 5.32 Å². The Morgan fingerprint density at radius 2 is 1.88 bits per heavy atom. The second-order valence-corrected chi connectivity index (χ2v) is 8.85. The highest BCUT2D eigenvalue weighted by atomic mass is 79.9. The highest BCUT2D eigenvalue weighted by Gasteiger charge is 2.14. The minimum atomic E-state index is -0.551. The van der Waals surface area contributed by atoms with Gasteiger partial charge < -0.3 is 10.1 Å². The molecule has 0 atom stereocenters. The quantitative estimate of drug-likeness (QED) is 0.244. The summed E-state index contributed by atoms with van der Waals surface area (Å²) < 4.78 is 20.8. The fraction of sp³-hybridized carbons (Fsp3) is 0.0833. The van der Waals surface area contributed by atoms with E-state index in [9.17, 15) is 14.4 Å². The molecule has 0 saturated heterocycles. The number of nitrogens with one attached hydrogen (secondary N) is 1. The van der Waals surface area contributed by atoms with Crippen LogP contribution in [0.1, 0.15) is 16.7 Å². The van der Waals surface area contributed by atoms with Crippen molar-refractivity contribution in [1.29, 1.82) is 5.26 Å². The molecule has 0 heterocycles. The summed E-state index contributed by atoms with van der Waals surface area (Å²) in [5.74, 6) is -0.424. The van der Waals surface area contributed by atoms with Crippen LogP contribution >= 0.6 is 43.5 Å². The van der Waals surface area contributed by atoms with Gasteiger partial charge in [0.1, 0.15) is 29.8 Å². The third kappa shape index (κ3) is 5.77. The van der Waals surface area contributed by atoms with Crippen LogP contribution in [0.25, 0.3) is 6.08 Å². The van der Waals surface area contributed by atoms with Crippen LogP contribution < -0.4 is 10.1 Å². The normalized spacial score (nSPS) is 11.1. The minimum Gasteiger partial charge on any atom is -0.486 e. The van der Waals surface area contributed by atoms with E-state index in [0.717, 1.165) is 0 Å². The molecule has 1 amide bonds. The van der Waals surface area contributed by atoms with Crippen LogP contribution in [0.2, 0.25) is 5.02 Å². The second kappa shape index (κ2) is 10.8. The predicted molar refractivity (Wildman–Crippen MR) is 131 cm³/mol. The van der Waals surface area contributed by atoms with Gasteiger partial charge in [-0.1, -0.05) is 35.9 Å². The summed E-state index contributed by atoms with van der Waals surface area (Å²) in [5, 5.41) is 12.7. The van der Waals surface area contributed by atoms with Gasteiger partial charge in [0, 0.05) is 16.3 Å². The van der Waals surface area contributed by atoms with Crippen molar-refractivity contribution in [2.24, 2.45) is 0 Å². The van der Waals surface area contributed by atoms with Crippen LogP contribution in [0.3, 0.4) is 0 Å². The van der Waals surface area contributed by atoms with Gasteiger partial charge in [-0.2, -0.15) is 5.26 Å². The molecular weight excluding hydrogens is 563 g/mol. The van der Waals surface area contributed by atoms with Crippen LogP contribution in [0, 0.1) is 24.1 Å². The first kappa shape index (κ1) is 24.0. The van der Waals surface area contributed by atoms with Crippen LogP contribution in [-0.2, 0) is 11.4 Å². The molecular formula is C24H16Br2ClFN2O2. The smallest absolute Gasteiger partial charge is 0.266 e. The summed E-state index contributed by atoms with van der Waals surface area (Å²) >= 11 is 13.0. The Labute approximate surface area is 206 Å². The topological polar surface area (TPSA) is 62.1 Å². The van der Waals surface area contributed by atoms with Gasteiger partial charge in [0.25, 0.3) is 5.91 Å². The third-order valence-electron chi connectivity index (χ3n) is 4.54. The molecule has 0 saturated carbocycles. The molecule has 3 rings (SSSR count). The second-order valence-electron chi connectivity index (χ2n) is 6.73. The number of amides is 1. The van der Waals surface area contributed by atoms with Crippen molar-refractivity contribution in [1.82, 2.24) is 0 Å². The maximum Gasteiger partial charge on any atom is 0.266 e. The molecule has 0 spiro atoms. The third-order valence-corrected chi connectivity index (χ3v) is 6.13. The highest BCUT2D eigenvalue weighted by Crippen LogP contribution is 2.36. The summed E-state index contributed by atoms with van der Waals surface area (Å²) in [7, 11) is 0. The Bertz CT molecular complexity index is 1230. The average Bonchev–Trinajstić information content (AvgIpc) is 2.75. The largest absolute Gasteiger partial charge is 0.486 e. The number of carbonyl (C=O) groups excluding carboxylic acids is 1. The summed E-state index contributed by atoms with van der Waals surface area (Å²) in [5.41, 5.74) is 2.18. The molecule has 4 nitrogen and oxygen atoms in total. The summed E-state index contributed by atoms with van der Waals surface area (Å²) in [4.78, 5) is 12.6. The molecule has 0 radical (unpaired) electrons. The van der Waals surface area contributed by atoms with Crippen LogP contribution in [0.15, 0.2) is 69.1 Å². The van der Waals surface area contributed by atoms with E-state index < -0.39 is 5.91 Å². The van der Waals surface area contributed by atoms with Crippen LogP contribution in [0.5, 0.6) is 5.75 Å². The zero-order chi connectivity index (χ0) is 23.3. The van der Waals surface area contributed by atoms with Gasteiger partial charge in [0.2, 0.25) is 0 Å². The molecule has 1 N–H and O–H groups in total. The molecule has 162 valence electrons. The first-order valence-electron chi connectivity index (χ1n) is 9.33. The molecule has 0 aliphatic rings. The lowest BCUT2D eigenvalue weighted by atomic mass is 10.1. The maximum absolute atomic E-state index is 13.8. The van der Waals surface area contributed by atoms with Gasteiger partial charge in [-0.3, -0.25) is 4.79 Å². The van der Waals surface area contributed by atoms with Gasteiger partial charge in [0.15, 0.2) is 0 Å². The average molecular weight is 579 g/mol. The molecule has 0 bridgehead atoms. The SMILES string of the molecule is Cc1c(Cl)cccc1NC(=O)/C(C#N)=C\c1cc(Br)c(OCc2ccccc2F)c(Br)c1. The van der Waals surface area contributed by atoms with E-state index in [1.165, 1.54) is 12.1 Å². The number of anilines is 1. The fourth-order valence-electron chi connectivity index (χ4n) is 2.81. The van der Waals surface area contributed by atoms with Crippen LogP contribution in [-0.4, -0.2) is 5.91 Å². The molecule has 3 aromatic carbocycles. The Morgan fingerprint density at radius 1 is 1.19 bits per heavy atom. The summed E-state index contributed by atoms with van der Waals surface area (Å²) in [6.45, 7) is 1.83. The van der Waals surface area contributed by atoms with E-state index in [-0.39, 0.29) is 18.0 Å². The van der Waals surface area contributed by atoms with E-state index >= 15 is 0 Å². The first-order chi connectivity index (χ1) is 15.3. The first-order valence-corrected chi connectivity index (χ1v) is 11.3. The van der Waals surface area contributed by atoms with Gasteiger partial charge in [-0.05, 0) is 86.3 Å². The minimum absolute atomic E-state index is 0.0455. The van der Waals surface area contributed by atoms with E-state index in [4.69, 9.17) is 16.3 Å². The number of nitriles is 1. The van der Waals surface area contributed by atoms with E-state index in [2.05, 4.69) is 37.2 Å². The van der Waals surface area contributed by atoms with Crippen molar-refractivity contribution in [3.8, 4) is 11.8 Å². The fourth-order valence-corrected chi connectivity index (χ4v) is 4.44. The van der Waals surface area contributed by atoms with Crippen molar-refractivity contribution >= 4 is 61.1 Å². The zero-order valence-corrected chi connectivity index (χ0v) is 20.7. The molecule has 0 aliphatic heterocycles. The molecule has 0 aromatic heterocycles. The lowest BCUT2D eigenvalue weighted by Crippen LogP contribution is -2.14. The van der Waals surface area contributed by atoms with Gasteiger partial charge in [-0.15, -0.1) is 0 Å². The number of hydrogen-bond acceptors (Lipinski definition) is 3. The Morgan fingerprint density at radius 3 is 2.53 bits per heavy atom. The van der Waals surface area contributed by atoms with E-state index in [0.29, 0.717) is 42.1 Å². The van der Waals surface area contributed by atoms with E-state index in [1.54, 1.807) is 55.5 Å². The Balaban J connectivity index is 1.80. The number of benzene rings is 3. The number of rotatable bonds is 6. The number of hydrogen-bond donors (Lipinski definition) is 1. The highest BCUT2D eigenvalue weighted by molar-refractivity contribution is 9.11. The Kier molecular flexibility index (Phi) is 8.08. The summed E-state index contributed by atoms with van der Waals surface area (Å²) in [6, 6.07) is 16.8. The van der Waals surface area contributed by atoms with Crippen molar-refractivity contribution < 1.29 is 13.9 Å². The monoisotopic (exact) mass is 576 g/mol. The zero-order valence-electron chi connectivity index (χ0n) is 16.8. The maximum atomic E-state index is 13.8. The number of halogens is 4. The Hall–Kier alpha value is -2.66. The lowest BCUT2D eigenvalue weighted by Gasteiger charge is -2.12. The molecule has 0 unspecified atom stereocenters.